The minimum Gasteiger partial charge on any atom is -0.481 e. The molecule has 0 radical (unpaired) electrons. The van der Waals surface area contributed by atoms with Gasteiger partial charge in [-0.25, -0.2) is 0 Å². The number of rotatable bonds is 5. The highest BCUT2D eigenvalue weighted by atomic mass is 16.4. The lowest BCUT2D eigenvalue weighted by Gasteiger charge is -2.36. The molecule has 0 amide bonds. The van der Waals surface area contributed by atoms with Crippen molar-refractivity contribution in [3.63, 3.8) is 0 Å². The average Bonchev–Trinajstić information content (AvgIpc) is 2.29. The first kappa shape index (κ1) is 13.0. The number of carbonyl (C=O) groups is 1. The third-order valence-electron chi connectivity index (χ3n) is 3.68. The molecule has 90 valence electrons. The van der Waals surface area contributed by atoms with E-state index in [0.29, 0.717) is 0 Å². The van der Waals surface area contributed by atoms with Gasteiger partial charge in [0.05, 0.1) is 5.92 Å². The monoisotopic (exact) mass is 222 g/mol. The van der Waals surface area contributed by atoms with Crippen LogP contribution in [0, 0.1) is 11.3 Å². The van der Waals surface area contributed by atoms with Gasteiger partial charge in [0.15, 0.2) is 0 Å². The van der Waals surface area contributed by atoms with E-state index in [9.17, 15) is 9.90 Å². The first-order valence-corrected chi connectivity index (χ1v) is 6.22. The summed E-state index contributed by atoms with van der Waals surface area (Å²) in [5, 5.41) is 9.37. The highest BCUT2D eigenvalue weighted by Gasteiger charge is 2.39. The summed E-state index contributed by atoms with van der Waals surface area (Å²) in [5.41, 5.74) is 0.978. The van der Waals surface area contributed by atoms with E-state index in [0.717, 1.165) is 31.3 Å². The minimum atomic E-state index is -0.689. The summed E-state index contributed by atoms with van der Waals surface area (Å²) in [5.74, 6) is -1.04. The molecular weight excluding hydrogens is 200 g/mol. The van der Waals surface area contributed by atoms with Crippen LogP contribution in [0.25, 0.3) is 0 Å². The Bertz CT molecular complexity index is 315. The van der Waals surface area contributed by atoms with E-state index in [1.807, 2.05) is 6.08 Å². The van der Waals surface area contributed by atoms with E-state index in [1.165, 1.54) is 0 Å². The Morgan fingerprint density at radius 3 is 2.56 bits per heavy atom. The van der Waals surface area contributed by atoms with Crippen molar-refractivity contribution < 1.29 is 9.90 Å². The maximum atomic E-state index is 11.4. The Kier molecular flexibility index (Phi) is 4.34. The quantitative estimate of drug-likeness (QED) is 0.768. The molecule has 2 unspecified atom stereocenters. The SMILES string of the molecule is CCCC1(CC)C=CC(CC)=CC1C(=O)O. The van der Waals surface area contributed by atoms with E-state index in [-0.39, 0.29) is 11.3 Å². The lowest BCUT2D eigenvalue weighted by molar-refractivity contribution is -0.143. The van der Waals surface area contributed by atoms with Gasteiger partial charge in [-0.15, -0.1) is 0 Å². The van der Waals surface area contributed by atoms with E-state index >= 15 is 0 Å². The smallest absolute Gasteiger partial charge is 0.311 e. The number of allylic oxidation sites excluding steroid dienone is 3. The topological polar surface area (TPSA) is 37.3 Å². The highest BCUT2D eigenvalue weighted by molar-refractivity contribution is 5.74. The van der Waals surface area contributed by atoms with Crippen molar-refractivity contribution in [1.82, 2.24) is 0 Å². The predicted molar refractivity (Wildman–Crippen MR) is 66.3 cm³/mol. The summed E-state index contributed by atoms with van der Waals surface area (Å²) < 4.78 is 0. The summed E-state index contributed by atoms with van der Waals surface area (Å²) in [4.78, 5) is 11.4. The van der Waals surface area contributed by atoms with Gasteiger partial charge in [-0.1, -0.05) is 51.0 Å². The average molecular weight is 222 g/mol. The number of carboxylic acids is 1. The zero-order valence-electron chi connectivity index (χ0n) is 10.5. The fourth-order valence-electron chi connectivity index (χ4n) is 2.58. The molecule has 0 heterocycles. The molecular formula is C14H22O2. The van der Waals surface area contributed by atoms with Crippen LogP contribution in [0.1, 0.15) is 46.5 Å². The molecule has 0 fully saturated rings. The Labute approximate surface area is 98.1 Å². The van der Waals surface area contributed by atoms with Crippen LogP contribution in [0.3, 0.4) is 0 Å². The van der Waals surface area contributed by atoms with Gasteiger partial charge >= 0.3 is 5.97 Å². The fraction of sp³-hybridized carbons (Fsp3) is 0.643. The molecule has 0 aromatic carbocycles. The van der Waals surface area contributed by atoms with Crippen molar-refractivity contribution in [2.75, 3.05) is 0 Å². The van der Waals surface area contributed by atoms with Crippen molar-refractivity contribution in [2.45, 2.75) is 46.5 Å². The molecule has 2 nitrogen and oxygen atoms in total. The molecule has 2 heteroatoms. The van der Waals surface area contributed by atoms with Gasteiger partial charge in [-0.05, 0) is 19.3 Å². The van der Waals surface area contributed by atoms with Gasteiger partial charge < -0.3 is 5.11 Å². The minimum absolute atomic E-state index is 0.167. The normalized spacial score (nSPS) is 28.9. The molecule has 16 heavy (non-hydrogen) atoms. The van der Waals surface area contributed by atoms with E-state index in [1.54, 1.807) is 0 Å². The Hall–Kier alpha value is -1.05. The van der Waals surface area contributed by atoms with Crippen LogP contribution in [0.4, 0.5) is 0 Å². The summed E-state index contributed by atoms with van der Waals surface area (Å²) in [6, 6.07) is 0. The van der Waals surface area contributed by atoms with Crippen LogP contribution in [-0.4, -0.2) is 11.1 Å². The summed E-state index contributed by atoms with van der Waals surface area (Å²) in [6.45, 7) is 6.26. The van der Waals surface area contributed by atoms with Gasteiger partial charge in [0.25, 0.3) is 0 Å². The second kappa shape index (κ2) is 5.33. The third kappa shape index (κ3) is 2.37. The Balaban J connectivity index is 3.05. The lowest BCUT2D eigenvalue weighted by Crippen LogP contribution is -2.34. The fourth-order valence-corrected chi connectivity index (χ4v) is 2.58. The van der Waals surface area contributed by atoms with Crippen LogP contribution in [0.2, 0.25) is 0 Å². The van der Waals surface area contributed by atoms with Crippen molar-refractivity contribution in [1.29, 1.82) is 0 Å². The van der Waals surface area contributed by atoms with Crippen molar-refractivity contribution >= 4 is 5.97 Å². The first-order valence-electron chi connectivity index (χ1n) is 6.22. The van der Waals surface area contributed by atoms with Crippen LogP contribution >= 0.6 is 0 Å². The summed E-state index contributed by atoms with van der Waals surface area (Å²) in [6.07, 6.45) is 9.96. The lowest BCUT2D eigenvalue weighted by atomic mass is 9.67. The summed E-state index contributed by atoms with van der Waals surface area (Å²) >= 11 is 0. The Morgan fingerprint density at radius 1 is 1.44 bits per heavy atom. The van der Waals surface area contributed by atoms with Crippen LogP contribution in [0.15, 0.2) is 23.8 Å². The molecule has 0 bridgehead atoms. The molecule has 0 spiro atoms. The largest absolute Gasteiger partial charge is 0.481 e. The molecule has 1 aliphatic carbocycles. The summed E-state index contributed by atoms with van der Waals surface area (Å²) in [7, 11) is 0. The molecule has 1 N–H and O–H groups in total. The maximum absolute atomic E-state index is 11.4. The standard InChI is InChI=1S/C14H22O2/c1-4-8-14(6-3)9-7-11(5-2)10-12(14)13(15)16/h7,9-10,12H,4-6,8H2,1-3H3,(H,15,16). The molecule has 2 atom stereocenters. The second-order valence-corrected chi connectivity index (χ2v) is 4.58. The van der Waals surface area contributed by atoms with Gasteiger partial charge in [0.1, 0.15) is 0 Å². The first-order chi connectivity index (χ1) is 7.59. The maximum Gasteiger partial charge on any atom is 0.311 e. The third-order valence-corrected chi connectivity index (χ3v) is 3.68. The molecule has 1 aliphatic rings. The van der Waals surface area contributed by atoms with Crippen molar-refractivity contribution in [3.05, 3.63) is 23.8 Å². The van der Waals surface area contributed by atoms with Crippen molar-refractivity contribution in [3.8, 4) is 0 Å². The number of hydrogen-bond acceptors (Lipinski definition) is 1. The molecule has 0 aromatic rings. The predicted octanol–water partition coefficient (Wildman–Crippen LogP) is 3.79. The number of carboxylic acid groups (broad SMARTS) is 1. The molecule has 0 aromatic heterocycles. The molecule has 0 saturated carbocycles. The number of aliphatic carboxylic acids is 1. The Morgan fingerprint density at radius 2 is 2.12 bits per heavy atom. The second-order valence-electron chi connectivity index (χ2n) is 4.58. The van der Waals surface area contributed by atoms with Gasteiger partial charge in [0, 0.05) is 5.41 Å². The van der Waals surface area contributed by atoms with Crippen LogP contribution < -0.4 is 0 Å². The molecule has 1 rings (SSSR count). The molecule has 0 aliphatic heterocycles. The molecule has 0 saturated heterocycles. The van der Waals surface area contributed by atoms with E-state index < -0.39 is 5.97 Å². The van der Waals surface area contributed by atoms with Crippen LogP contribution in [0.5, 0.6) is 0 Å². The zero-order chi connectivity index (χ0) is 12.2. The van der Waals surface area contributed by atoms with Gasteiger partial charge in [0.2, 0.25) is 0 Å². The van der Waals surface area contributed by atoms with Gasteiger partial charge in [-0.3, -0.25) is 4.79 Å². The zero-order valence-corrected chi connectivity index (χ0v) is 10.5. The van der Waals surface area contributed by atoms with Crippen molar-refractivity contribution in [2.24, 2.45) is 11.3 Å². The highest BCUT2D eigenvalue weighted by Crippen LogP contribution is 2.43. The van der Waals surface area contributed by atoms with Gasteiger partial charge in [-0.2, -0.15) is 0 Å². The van der Waals surface area contributed by atoms with E-state index in [2.05, 4.69) is 32.9 Å². The van der Waals surface area contributed by atoms with E-state index in [4.69, 9.17) is 0 Å². The number of hydrogen-bond donors (Lipinski definition) is 1. The van der Waals surface area contributed by atoms with Crippen LogP contribution in [-0.2, 0) is 4.79 Å².